The van der Waals surface area contributed by atoms with Crippen LogP contribution in [0.4, 0.5) is 0 Å². The van der Waals surface area contributed by atoms with Gasteiger partial charge in [-0.3, -0.25) is 0 Å². The summed E-state index contributed by atoms with van der Waals surface area (Å²) in [7, 11) is -1.08. The van der Waals surface area contributed by atoms with Crippen molar-refractivity contribution >= 4 is 10.0 Å². The molecule has 0 unspecified atom stereocenters. The van der Waals surface area contributed by atoms with Gasteiger partial charge in [0, 0.05) is 6.54 Å². The molecule has 0 bridgehead atoms. The molecule has 1 aromatic carbocycles. The first-order valence-electron chi connectivity index (χ1n) is 7.66. The van der Waals surface area contributed by atoms with Gasteiger partial charge in [0.05, 0.1) is 5.75 Å². The fraction of sp³-hybridized carbons (Fsp3) is 0.625. The van der Waals surface area contributed by atoms with Crippen LogP contribution in [0, 0.1) is 12.8 Å². The van der Waals surface area contributed by atoms with Gasteiger partial charge in [-0.05, 0) is 57.8 Å². The number of sulfonamides is 1. The summed E-state index contributed by atoms with van der Waals surface area (Å²) in [4.78, 5) is 2.33. The summed E-state index contributed by atoms with van der Waals surface area (Å²) in [5.74, 6) is 0.727. The number of nitrogens with zero attached hydrogens (tertiary/aromatic N) is 1. The van der Waals surface area contributed by atoms with E-state index < -0.39 is 10.0 Å². The second-order valence-electron chi connectivity index (χ2n) is 6.18. The lowest BCUT2D eigenvalue weighted by Crippen LogP contribution is -2.33. The van der Waals surface area contributed by atoms with E-state index in [1.54, 1.807) is 0 Å². The van der Waals surface area contributed by atoms with Crippen molar-refractivity contribution in [1.29, 1.82) is 0 Å². The van der Waals surface area contributed by atoms with E-state index in [0.717, 1.165) is 30.6 Å². The van der Waals surface area contributed by atoms with E-state index in [4.69, 9.17) is 0 Å². The van der Waals surface area contributed by atoms with Crippen LogP contribution >= 0.6 is 0 Å². The fourth-order valence-electron chi connectivity index (χ4n) is 2.84. The van der Waals surface area contributed by atoms with E-state index in [0.29, 0.717) is 12.5 Å². The molecule has 0 aliphatic carbocycles. The molecule has 4 nitrogen and oxygen atoms in total. The van der Waals surface area contributed by atoms with E-state index in [9.17, 15) is 8.42 Å². The Morgan fingerprint density at radius 2 is 2.00 bits per heavy atom. The highest BCUT2D eigenvalue weighted by Gasteiger charge is 2.17. The number of likely N-dealkylation sites (tertiary alicyclic amines) is 1. The molecule has 0 radical (unpaired) electrons. The van der Waals surface area contributed by atoms with Crippen LogP contribution in [0.1, 0.15) is 30.4 Å². The highest BCUT2D eigenvalue weighted by Crippen LogP contribution is 2.19. The van der Waals surface area contributed by atoms with Crippen molar-refractivity contribution in [2.45, 2.75) is 31.9 Å². The molecule has 0 amide bonds. The van der Waals surface area contributed by atoms with Crippen molar-refractivity contribution in [3.8, 4) is 0 Å². The van der Waals surface area contributed by atoms with Crippen LogP contribution in [0.5, 0.6) is 0 Å². The third kappa shape index (κ3) is 5.77. The average Bonchev–Trinajstić information content (AvgIpc) is 2.40. The van der Waals surface area contributed by atoms with E-state index in [1.165, 1.54) is 12.8 Å². The summed E-state index contributed by atoms with van der Waals surface area (Å²) in [6.07, 6.45) is 3.30. The highest BCUT2D eigenvalue weighted by molar-refractivity contribution is 7.88. The van der Waals surface area contributed by atoms with Gasteiger partial charge in [-0.2, -0.15) is 0 Å². The number of hydrogen-bond acceptors (Lipinski definition) is 3. The topological polar surface area (TPSA) is 49.4 Å². The van der Waals surface area contributed by atoms with Gasteiger partial charge in [0.2, 0.25) is 10.0 Å². The predicted molar refractivity (Wildman–Crippen MR) is 86.6 cm³/mol. The number of nitrogens with one attached hydrogen (secondary N) is 1. The zero-order chi connectivity index (χ0) is 15.3. The Morgan fingerprint density at radius 1 is 1.29 bits per heavy atom. The molecule has 1 saturated heterocycles. The van der Waals surface area contributed by atoms with Gasteiger partial charge in [-0.1, -0.05) is 29.8 Å². The minimum absolute atomic E-state index is 0.0715. The van der Waals surface area contributed by atoms with E-state index in [1.807, 2.05) is 31.2 Å². The third-order valence-corrected chi connectivity index (χ3v) is 5.51. The number of hydrogen-bond donors (Lipinski definition) is 1. The van der Waals surface area contributed by atoms with Crippen LogP contribution < -0.4 is 4.72 Å². The molecule has 1 aromatic rings. The lowest BCUT2D eigenvalue weighted by atomic mass is 9.94. The molecule has 1 fully saturated rings. The van der Waals surface area contributed by atoms with Crippen molar-refractivity contribution in [2.24, 2.45) is 5.92 Å². The van der Waals surface area contributed by atoms with Crippen LogP contribution in [0.25, 0.3) is 0 Å². The lowest BCUT2D eigenvalue weighted by molar-refractivity contribution is 0.213. The molecular formula is C16H26N2O2S. The maximum atomic E-state index is 12.1. The summed E-state index contributed by atoms with van der Waals surface area (Å²) in [5.41, 5.74) is 1.94. The summed E-state index contributed by atoms with van der Waals surface area (Å²) in [6, 6.07) is 7.67. The second kappa shape index (κ2) is 7.38. The van der Waals surface area contributed by atoms with Crippen molar-refractivity contribution in [3.63, 3.8) is 0 Å². The summed E-state index contributed by atoms with van der Waals surface area (Å²) in [6.45, 7) is 4.79. The Bertz CT molecular complexity index is 549. The highest BCUT2D eigenvalue weighted by atomic mass is 32.2. The fourth-order valence-corrected chi connectivity index (χ4v) is 3.99. The second-order valence-corrected chi connectivity index (χ2v) is 7.98. The Hall–Kier alpha value is -0.910. The van der Waals surface area contributed by atoms with E-state index in [2.05, 4.69) is 16.7 Å². The van der Waals surface area contributed by atoms with Crippen LogP contribution in [0.15, 0.2) is 24.3 Å². The SMILES string of the molecule is Cc1cccc(CS(=O)(=O)NCCC2CCN(C)CC2)c1. The molecule has 0 spiro atoms. The molecule has 118 valence electrons. The normalized spacial score (nSPS) is 18.0. The quantitative estimate of drug-likeness (QED) is 0.876. The van der Waals surface area contributed by atoms with Crippen LogP contribution in [-0.2, 0) is 15.8 Å². The van der Waals surface area contributed by atoms with E-state index >= 15 is 0 Å². The van der Waals surface area contributed by atoms with Crippen molar-refractivity contribution < 1.29 is 8.42 Å². The van der Waals surface area contributed by atoms with Gasteiger partial charge in [-0.25, -0.2) is 13.1 Å². The summed E-state index contributed by atoms with van der Waals surface area (Å²) in [5, 5.41) is 0. The predicted octanol–water partition coefficient (Wildman–Crippen LogP) is 2.15. The van der Waals surface area contributed by atoms with Gasteiger partial charge >= 0.3 is 0 Å². The molecule has 1 aliphatic heterocycles. The monoisotopic (exact) mass is 310 g/mol. The summed E-state index contributed by atoms with van der Waals surface area (Å²) < 4.78 is 26.9. The standard InChI is InChI=1S/C16H26N2O2S/c1-14-4-3-5-16(12-14)13-21(19,20)17-9-6-15-7-10-18(2)11-8-15/h3-5,12,15,17H,6-11,13H2,1-2H3. The maximum absolute atomic E-state index is 12.1. The minimum atomic E-state index is -3.22. The van der Waals surface area contributed by atoms with Gasteiger partial charge in [0.1, 0.15) is 0 Å². The largest absolute Gasteiger partial charge is 0.306 e. The van der Waals surface area contributed by atoms with Gasteiger partial charge in [-0.15, -0.1) is 0 Å². The molecule has 0 saturated carbocycles. The molecule has 0 aromatic heterocycles. The lowest BCUT2D eigenvalue weighted by Gasteiger charge is -2.28. The first-order chi connectivity index (χ1) is 9.94. The molecule has 0 atom stereocenters. The van der Waals surface area contributed by atoms with Crippen LogP contribution in [0.2, 0.25) is 0 Å². The Morgan fingerprint density at radius 3 is 2.67 bits per heavy atom. The van der Waals surface area contributed by atoms with Gasteiger partial charge < -0.3 is 4.90 Å². The zero-order valence-electron chi connectivity index (χ0n) is 13.0. The first-order valence-corrected chi connectivity index (χ1v) is 9.31. The number of piperidine rings is 1. The minimum Gasteiger partial charge on any atom is -0.306 e. The number of aryl methyl sites for hydroxylation is 1. The third-order valence-electron chi connectivity index (χ3n) is 4.15. The van der Waals surface area contributed by atoms with Crippen molar-refractivity contribution in [2.75, 3.05) is 26.7 Å². The first kappa shape index (κ1) is 16.5. The molecule has 1 N–H and O–H groups in total. The van der Waals surface area contributed by atoms with Crippen molar-refractivity contribution in [3.05, 3.63) is 35.4 Å². The smallest absolute Gasteiger partial charge is 0.215 e. The van der Waals surface area contributed by atoms with Crippen LogP contribution in [0.3, 0.4) is 0 Å². The Balaban J connectivity index is 1.76. The van der Waals surface area contributed by atoms with Gasteiger partial charge in [0.25, 0.3) is 0 Å². The van der Waals surface area contributed by atoms with Crippen LogP contribution in [-0.4, -0.2) is 40.0 Å². The molecule has 1 aliphatic rings. The molecule has 2 rings (SSSR count). The van der Waals surface area contributed by atoms with Crippen molar-refractivity contribution in [1.82, 2.24) is 9.62 Å². The molecule has 5 heteroatoms. The maximum Gasteiger partial charge on any atom is 0.215 e. The Labute approximate surface area is 128 Å². The van der Waals surface area contributed by atoms with E-state index in [-0.39, 0.29) is 5.75 Å². The average molecular weight is 310 g/mol. The number of benzene rings is 1. The number of rotatable bonds is 6. The Kier molecular flexibility index (Phi) is 5.79. The molecular weight excluding hydrogens is 284 g/mol. The zero-order valence-corrected chi connectivity index (χ0v) is 13.8. The van der Waals surface area contributed by atoms with Gasteiger partial charge in [0.15, 0.2) is 0 Å². The molecule has 1 heterocycles. The molecule has 21 heavy (non-hydrogen) atoms. The summed E-state index contributed by atoms with van der Waals surface area (Å²) >= 11 is 0.